The number of esters is 1. The van der Waals surface area contributed by atoms with Crippen LogP contribution in [-0.4, -0.2) is 53.4 Å². The van der Waals surface area contributed by atoms with Crippen LogP contribution in [0.5, 0.6) is 5.75 Å². The molecule has 1 aliphatic heterocycles. The summed E-state index contributed by atoms with van der Waals surface area (Å²) in [5, 5.41) is 9.87. The quantitative estimate of drug-likeness (QED) is 0.351. The van der Waals surface area contributed by atoms with Crippen molar-refractivity contribution in [3.8, 4) is 5.75 Å². The summed E-state index contributed by atoms with van der Waals surface area (Å²) >= 11 is 12.1. The minimum Gasteiger partial charge on any atom is -0.492 e. The Labute approximate surface area is 202 Å². The maximum Gasteiger partial charge on any atom is 0.337 e. The summed E-state index contributed by atoms with van der Waals surface area (Å²) in [6.07, 6.45) is 3.14. The molecule has 4 rings (SSSR count). The Kier molecular flexibility index (Phi) is 7.63. The van der Waals surface area contributed by atoms with E-state index in [-0.39, 0.29) is 5.97 Å². The molecule has 2 aromatic carbocycles. The molecule has 1 aromatic heterocycles. The van der Waals surface area contributed by atoms with Gasteiger partial charge in [0.1, 0.15) is 5.75 Å². The predicted octanol–water partition coefficient (Wildman–Crippen LogP) is 4.58. The number of benzene rings is 2. The van der Waals surface area contributed by atoms with E-state index in [0.29, 0.717) is 46.5 Å². The second-order valence-electron chi connectivity index (χ2n) is 8.15. The SMILES string of the molecule is COC(=O)c1ccc2c(c1)n(CCCOc1ccc(Cl)cc1Cl)c(=N)n2CCN1CCCC1. The van der Waals surface area contributed by atoms with Crippen molar-refractivity contribution in [3.63, 3.8) is 0 Å². The van der Waals surface area contributed by atoms with E-state index in [1.54, 1.807) is 24.3 Å². The molecular weight excluding hydrogens is 463 g/mol. The summed E-state index contributed by atoms with van der Waals surface area (Å²) in [6, 6.07) is 10.6. The Bertz CT molecular complexity index is 1200. The van der Waals surface area contributed by atoms with Crippen LogP contribution in [0.1, 0.15) is 29.6 Å². The van der Waals surface area contributed by atoms with E-state index in [4.69, 9.17) is 38.1 Å². The van der Waals surface area contributed by atoms with Gasteiger partial charge in [0.15, 0.2) is 0 Å². The first kappa shape index (κ1) is 23.7. The van der Waals surface area contributed by atoms with Crippen LogP contribution in [0.4, 0.5) is 0 Å². The van der Waals surface area contributed by atoms with Gasteiger partial charge in [-0.3, -0.25) is 5.41 Å². The standard InChI is InChI=1S/C24H28Cl2N4O3/c1-32-23(31)17-5-7-20-21(15-17)29(24(27)30(20)13-12-28-9-2-3-10-28)11-4-14-33-22-8-6-18(25)16-19(22)26/h5-8,15-16,27H,2-4,9-14H2,1H3. The second-order valence-corrected chi connectivity index (χ2v) is 8.99. The van der Waals surface area contributed by atoms with E-state index < -0.39 is 0 Å². The fraction of sp³-hybridized carbons (Fsp3) is 0.417. The highest BCUT2D eigenvalue weighted by Gasteiger charge is 2.17. The number of aryl methyl sites for hydroxylation is 1. The fourth-order valence-electron chi connectivity index (χ4n) is 4.28. The van der Waals surface area contributed by atoms with Gasteiger partial charge in [0.05, 0.1) is 35.3 Å². The average molecular weight is 491 g/mol. The summed E-state index contributed by atoms with van der Waals surface area (Å²) in [5.74, 6) is 0.193. The highest BCUT2D eigenvalue weighted by Crippen LogP contribution is 2.27. The number of nitrogens with zero attached hydrogens (tertiary/aromatic N) is 3. The van der Waals surface area contributed by atoms with Gasteiger partial charge < -0.3 is 23.5 Å². The first-order valence-electron chi connectivity index (χ1n) is 11.1. The van der Waals surface area contributed by atoms with E-state index in [1.807, 2.05) is 21.3 Å². The molecule has 0 spiro atoms. The summed E-state index contributed by atoms with van der Waals surface area (Å²) in [4.78, 5) is 14.5. The lowest BCUT2D eigenvalue weighted by molar-refractivity contribution is 0.0601. The van der Waals surface area contributed by atoms with Crippen LogP contribution in [0.15, 0.2) is 36.4 Å². The van der Waals surface area contributed by atoms with Crippen LogP contribution < -0.4 is 10.4 Å². The Hall–Kier alpha value is -2.48. The molecule has 0 bridgehead atoms. The van der Waals surface area contributed by atoms with Gasteiger partial charge in [-0.15, -0.1) is 0 Å². The van der Waals surface area contributed by atoms with Crippen molar-refractivity contribution < 1.29 is 14.3 Å². The Morgan fingerprint density at radius 2 is 1.76 bits per heavy atom. The van der Waals surface area contributed by atoms with Crippen molar-refractivity contribution in [2.45, 2.75) is 32.4 Å². The van der Waals surface area contributed by atoms with Gasteiger partial charge >= 0.3 is 5.97 Å². The van der Waals surface area contributed by atoms with Crippen molar-refractivity contribution in [2.24, 2.45) is 0 Å². The molecule has 0 saturated carbocycles. The monoisotopic (exact) mass is 490 g/mol. The summed E-state index contributed by atoms with van der Waals surface area (Å²) < 4.78 is 14.7. The molecule has 0 radical (unpaired) electrons. The van der Waals surface area contributed by atoms with E-state index >= 15 is 0 Å². The lowest BCUT2D eigenvalue weighted by Gasteiger charge is -2.15. The Morgan fingerprint density at radius 3 is 2.48 bits per heavy atom. The van der Waals surface area contributed by atoms with Crippen molar-refractivity contribution in [3.05, 3.63) is 57.6 Å². The number of halogens is 2. The van der Waals surface area contributed by atoms with Crippen LogP contribution in [0.25, 0.3) is 11.0 Å². The smallest absolute Gasteiger partial charge is 0.337 e. The molecule has 1 aliphatic rings. The van der Waals surface area contributed by atoms with Gasteiger partial charge in [0.25, 0.3) is 0 Å². The first-order chi connectivity index (χ1) is 16.0. The van der Waals surface area contributed by atoms with Crippen LogP contribution in [0, 0.1) is 5.41 Å². The number of nitrogens with one attached hydrogen (secondary N) is 1. The number of methoxy groups -OCH3 is 1. The van der Waals surface area contributed by atoms with Crippen molar-refractivity contribution in [1.82, 2.24) is 14.0 Å². The topological polar surface area (TPSA) is 72.5 Å². The van der Waals surface area contributed by atoms with Gasteiger partial charge in [-0.1, -0.05) is 23.2 Å². The molecule has 9 heteroatoms. The zero-order valence-electron chi connectivity index (χ0n) is 18.7. The van der Waals surface area contributed by atoms with Gasteiger partial charge in [0.2, 0.25) is 5.62 Å². The van der Waals surface area contributed by atoms with Crippen molar-refractivity contribution in [2.75, 3.05) is 33.4 Å². The molecule has 1 saturated heterocycles. The normalized spacial score (nSPS) is 14.2. The van der Waals surface area contributed by atoms with Crippen LogP contribution in [0.2, 0.25) is 10.0 Å². The minimum absolute atomic E-state index is 0.388. The third-order valence-corrected chi connectivity index (χ3v) is 6.54. The maximum atomic E-state index is 12.1. The second kappa shape index (κ2) is 10.6. The molecule has 0 amide bonds. The molecule has 0 atom stereocenters. The number of carbonyl (C=O) groups is 1. The molecule has 33 heavy (non-hydrogen) atoms. The highest BCUT2D eigenvalue weighted by molar-refractivity contribution is 6.35. The Balaban J connectivity index is 1.54. The number of likely N-dealkylation sites (tertiary alicyclic amines) is 1. The number of hydrogen-bond acceptors (Lipinski definition) is 5. The molecule has 1 fully saturated rings. The highest BCUT2D eigenvalue weighted by atomic mass is 35.5. The number of fused-ring (bicyclic) bond motifs is 1. The summed E-state index contributed by atoms with van der Waals surface area (Å²) in [7, 11) is 1.37. The van der Waals surface area contributed by atoms with E-state index in [0.717, 1.165) is 37.2 Å². The first-order valence-corrected chi connectivity index (χ1v) is 11.9. The summed E-state index contributed by atoms with van der Waals surface area (Å²) in [5.41, 5.74) is 2.66. The maximum absolute atomic E-state index is 12.1. The van der Waals surface area contributed by atoms with E-state index in [9.17, 15) is 4.79 Å². The third-order valence-electron chi connectivity index (χ3n) is 6.01. The van der Waals surface area contributed by atoms with Crippen LogP contribution >= 0.6 is 23.2 Å². The number of carbonyl (C=O) groups excluding carboxylic acids is 1. The van der Waals surface area contributed by atoms with Crippen molar-refractivity contribution in [1.29, 1.82) is 5.41 Å². The molecular formula is C24H28Cl2N4O3. The molecule has 176 valence electrons. The van der Waals surface area contributed by atoms with E-state index in [2.05, 4.69) is 4.90 Å². The molecule has 2 heterocycles. The number of aromatic nitrogens is 2. The Morgan fingerprint density at radius 1 is 1.00 bits per heavy atom. The molecule has 7 nitrogen and oxygen atoms in total. The number of ether oxygens (including phenoxy) is 2. The largest absolute Gasteiger partial charge is 0.492 e. The summed E-state index contributed by atoms with van der Waals surface area (Å²) in [6.45, 7) is 4.88. The van der Waals surface area contributed by atoms with Gasteiger partial charge in [0, 0.05) is 24.7 Å². The molecule has 0 unspecified atom stereocenters. The lowest BCUT2D eigenvalue weighted by atomic mass is 10.2. The van der Waals surface area contributed by atoms with Crippen LogP contribution in [-0.2, 0) is 17.8 Å². The minimum atomic E-state index is -0.388. The van der Waals surface area contributed by atoms with Crippen LogP contribution in [0.3, 0.4) is 0 Å². The number of rotatable bonds is 9. The fourth-order valence-corrected chi connectivity index (χ4v) is 4.75. The molecule has 0 aliphatic carbocycles. The number of imidazole rings is 1. The third kappa shape index (κ3) is 5.37. The zero-order chi connectivity index (χ0) is 23.4. The van der Waals surface area contributed by atoms with Crippen molar-refractivity contribution >= 4 is 40.2 Å². The molecule has 3 aromatic rings. The van der Waals surface area contributed by atoms with Gasteiger partial charge in [-0.05, 0) is 68.8 Å². The predicted molar refractivity (Wildman–Crippen MR) is 129 cm³/mol. The van der Waals surface area contributed by atoms with Gasteiger partial charge in [-0.25, -0.2) is 4.79 Å². The average Bonchev–Trinajstić information content (AvgIpc) is 3.42. The van der Waals surface area contributed by atoms with Gasteiger partial charge in [-0.2, -0.15) is 0 Å². The van der Waals surface area contributed by atoms with E-state index in [1.165, 1.54) is 20.0 Å². The number of hydrogen-bond donors (Lipinski definition) is 1. The molecule has 1 N–H and O–H groups in total. The lowest BCUT2D eigenvalue weighted by Crippen LogP contribution is -2.30. The zero-order valence-corrected chi connectivity index (χ0v) is 20.2.